The first-order chi connectivity index (χ1) is 15.3. The Morgan fingerprint density at radius 3 is 1.62 bits per heavy atom. The minimum absolute atomic E-state index is 0.0787. The van der Waals surface area contributed by atoms with Crippen LogP contribution in [0.3, 0.4) is 0 Å². The maximum absolute atomic E-state index is 13.4. The molecule has 0 unspecified atom stereocenters. The molecule has 0 saturated heterocycles. The van der Waals surface area contributed by atoms with Gasteiger partial charge in [0.1, 0.15) is 0 Å². The number of amides is 1. The van der Waals surface area contributed by atoms with Crippen LogP contribution in [0.2, 0.25) is 13.3 Å². The Kier molecular flexibility index (Phi) is 19.0. The average molecular weight is 558 g/mol. The van der Waals surface area contributed by atoms with E-state index >= 15 is 0 Å². The van der Waals surface area contributed by atoms with Crippen molar-refractivity contribution in [1.82, 2.24) is 4.90 Å². The number of unbranched alkanes of at least 4 members (excludes halogenated alkanes) is 6. The summed E-state index contributed by atoms with van der Waals surface area (Å²) in [6.07, 6.45) is 18.2. The Balaban J connectivity index is 5.88. The van der Waals surface area contributed by atoms with Crippen molar-refractivity contribution in [3.05, 3.63) is 12.2 Å². The molecule has 0 aliphatic carbocycles. The number of allylic oxidation sites excluding steroid dienone is 1. The molecule has 0 aromatic heterocycles. The third-order valence-electron chi connectivity index (χ3n) is 6.83. The van der Waals surface area contributed by atoms with Gasteiger partial charge in [-0.25, -0.2) is 0 Å². The van der Waals surface area contributed by atoms with Crippen LogP contribution in [0, 0.1) is 0 Å². The van der Waals surface area contributed by atoms with Crippen molar-refractivity contribution in [2.45, 2.75) is 156 Å². The molecule has 0 aliphatic rings. The molecule has 0 rings (SSSR count). The van der Waals surface area contributed by atoms with Crippen molar-refractivity contribution in [3.8, 4) is 0 Å². The average Bonchev–Trinajstić information content (AvgIpc) is 2.74. The predicted octanol–water partition coefficient (Wildman–Crippen LogP) is 9.53. The van der Waals surface area contributed by atoms with Gasteiger partial charge in [-0.3, -0.25) is 0 Å². The van der Waals surface area contributed by atoms with E-state index in [2.05, 4.69) is 67.5 Å². The topological polar surface area (TPSA) is 29.5 Å². The van der Waals surface area contributed by atoms with Crippen LogP contribution in [0.25, 0.3) is 0 Å². The van der Waals surface area contributed by atoms with Gasteiger partial charge in [0.2, 0.25) is 0 Å². The molecule has 0 fully saturated rings. The second-order valence-electron chi connectivity index (χ2n) is 10.3. The summed E-state index contributed by atoms with van der Waals surface area (Å²) in [6, 6.07) is 0.332. The Hall–Kier alpha value is -0.191. The molecule has 0 aliphatic heterocycles. The van der Waals surface area contributed by atoms with Crippen LogP contribution < -0.4 is 0 Å². The molecule has 0 radical (unpaired) electrons. The van der Waals surface area contributed by atoms with Crippen molar-refractivity contribution in [2.75, 3.05) is 0 Å². The fraction of sp³-hybridized carbons (Fsp3) is 0.893. The fourth-order valence-electron chi connectivity index (χ4n) is 4.92. The van der Waals surface area contributed by atoms with E-state index in [0.29, 0.717) is 0 Å². The van der Waals surface area contributed by atoms with Gasteiger partial charge < -0.3 is 0 Å². The van der Waals surface area contributed by atoms with Crippen molar-refractivity contribution in [1.29, 1.82) is 0 Å². The first-order valence-corrected chi connectivity index (χ1v) is 21.6. The third-order valence-corrected chi connectivity index (χ3v) is 23.3. The first-order valence-electron chi connectivity index (χ1n) is 13.9. The quantitative estimate of drug-likeness (QED) is 0.0898. The summed E-state index contributed by atoms with van der Waals surface area (Å²) in [5, 5.41) is 0. The molecule has 0 aromatic rings. The Bertz CT molecular complexity index is 460. The number of carbonyl (C=O) groups excluding carboxylic acids is 1. The van der Waals surface area contributed by atoms with E-state index in [4.69, 9.17) is 4.74 Å². The second kappa shape index (κ2) is 19.2. The van der Waals surface area contributed by atoms with Crippen LogP contribution in [0.15, 0.2) is 12.2 Å². The van der Waals surface area contributed by atoms with Gasteiger partial charge in [0.05, 0.1) is 0 Å². The SMILES string of the molecule is CCCCC/C=C/C[C@H](OC(=O)N(C(C)C)C(C)C)[Sn]([CH2]CCC)([CH2]CCC)[CH2]CCC. The zero-order chi connectivity index (χ0) is 24.4. The van der Waals surface area contributed by atoms with E-state index in [1.807, 2.05) is 4.90 Å². The van der Waals surface area contributed by atoms with E-state index < -0.39 is 18.4 Å². The number of carbonyl (C=O) groups is 1. The fourth-order valence-corrected chi connectivity index (χ4v) is 21.7. The Morgan fingerprint density at radius 1 is 0.750 bits per heavy atom. The van der Waals surface area contributed by atoms with Gasteiger partial charge in [-0.15, -0.1) is 0 Å². The molecule has 4 heteroatoms. The molecule has 1 atom stereocenters. The van der Waals surface area contributed by atoms with Crippen LogP contribution >= 0.6 is 0 Å². The van der Waals surface area contributed by atoms with Gasteiger partial charge in [-0.2, -0.15) is 0 Å². The van der Waals surface area contributed by atoms with Crippen molar-refractivity contribution in [2.24, 2.45) is 0 Å². The van der Waals surface area contributed by atoms with Gasteiger partial charge in [0.25, 0.3) is 0 Å². The van der Waals surface area contributed by atoms with E-state index in [9.17, 15) is 4.79 Å². The van der Waals surface area contributed by atoms with E-state index in [1.54, 1.807) is 0 Å². The van der Waals surface area contributed by atoms with Gasteiger partial charge in [-0.1, -0.05) is 0 Å². The third kappa shape index (κ3) is 12.3. The number of rotatable bonds is 19. The molecule has 32 heavy (non-hydrogen) atoms. The molecule has 1 amide bonds. The summed E-state index contributed by atoms with van der Waals surface area (Å²) in [6.45, 7) is 17.6. The number of hydrogen-bond acceptors (Lipinski definition) is 2. The molecule has 0 heterocycles. The van der Waals surface area contributed by atoms with Crippen molar-refractivity contribution >= 4 is 24.5 Å². The predicted molar refractivity (Wildman–Crippen MR) is 145 cm³/mol. The Labute approximate surface area is 206 Å². The monoisotopic (exact) mass is 559 g/mol. The van der Waals surface area contributed by atoms with Crippen LogP contribution in [0.1, 0.15) is 126 Å². The van der Waals surface area contributed by atoms with Gasteiger partial charge in [0, 0.05) is 0 Å². The summed E-state index contributed by atoms with van der Waals surface area (Å²) in [7, 11) is 0. The summed E-state index contributed by atoms with van der Waals surface area (Å²) in [4.78, 5) is 15.3. The molecule has 0 spiro atoms. The molecule has 0 saturated carbocycles. The summed E-state index contributed by atoms with van der Waals surface area (Å²) >= 11 is -2.71. The van der Waals surface area contributed by atoms with Gasteiger partial charge >= 0.3 is 207 Å². The summed E-state index contributed by atoms with van der Waals surface area (Å²) in [5.41, 5.74) is 0. The zero-order valence-corrected chi connectivity index (χ0v) is 25.9. The minimum atomic E-state index is -2.71. The number of ether oxygens (including phenoxy) is 1. The Morgan fingerprint density at radius 2 is 1.22 bits per heavy atom. The zero-order valence-electron chi connectivity index (χ0n) is 23.0. The molecule has 190 valence electrons. The van der Waals surface area contributed by atoms with Gasteiger partial charge in [-0.05, 0) is 0 Å². The van der Waals surface area contributed by atoms with E-state index in [0.717, 1.165) is 12.8 Å². The number of nitrogens with zero attached hydrogens (tertiary/aromatic N) is 1. The summed E-state index contributed by atoms with van der Waals surface area (Å²) in [5.74, 6) is 0. The molecular weight excluding hydrogens is 501 g/mol. The van der Waals surface area contributed by atoms with Crippen molar-refractivity contribution < 1.29 is 9.53 Å². The van der Waals surface area contributed by atoms with Gasteiger partial charge in [0.15, 0.2) is 0 Å². The molecule has 0 bridgehead atoms. The van der Waals surface area contributed by atoms with E-state index in [-0.39, 0.29) is 22.3 Å². The molecule has 3 nitrogen and oxygen atoms in total. The van der Waals surface area contributed by atoms with E-state index in [1.165, 1.54) is 71.1 Å². The molecule has 0 aromatic carbocycles. The number of hydrogen-bond donors (Lipinski definition) is 0. The van der Waals surface area contributed by atoms with Crippen LogP contribution in [-0.4, -0.2) is 45.6 Å². The molecule has 0 N–H and O–H groups in total. The van der Waals surface area contributed by atoms with Crippen molar-refractivity contribution in [3.63, 3.8) is 0 Å². The van der Waals surface area contributed by atoms with Crippen LogP contribution in [-0.2, 0) is 4.74 Å². The summed E-state index contributed by atoms with van der Waals surface area (Å²) < 4.78 is 10.8. The van der Waals surface area contributed by atoms with Crippen LogP contribution in [0.5, 0.6) is 0 Å². The standard InChI is InChI=1S/C16H30NO2.3C4H9.Sn/c1-6-7-8-9-10-11-12-13-19-16(18)17(14(2)3)15(4)5;3*1-3-4-2;/h10-11,13-15H,6-9,12H2,1-5H3;3*1,3-4H2,2H3;/b11-10+;;;;. The molecular formula is C28H57NO2Sn. The maximum atomic E-state index is 13.4. The second-order valence-corrected chi connectivity index (χ2v) is 24.2. The van der Waals surface area contributed by atoms with Crippen LogP contribution in [0.4, 0.5) is 4.79 Å². The normalized spacial score (nSPS) is 13.3. The first kappa shape index (κ1) is 31.8.